The minimum absolute atomic E-state index is 0.188. The van der Waals surface area contributed by atoms with Crippen molar-refractivity contribution < 1.29 is 14.3 Å². The molecule has 0 unspecified atom stereocenters. The van der Waals surface area contributed by atoms with Crippen molar-refractivity contribution in [3.63, 3.8) is 0 Å². The van der Waals surface area contributed by atoms with Gasteiger partial charge in [0.1, 0.15) is 5.25 Å². The summed E-state index contributed by atoms with van der Waals surface area (Å²) in [4.78, 5) is 28.5. The van der Waals surface area contributed by atoms with Crippen LogP contribution in [0.3, 0.4) is 0 Å². The van der Waals surface area contributed by atoms with Gasteiger partial charge in [-0.05, 0) is 42.2 Å². The van der Waals surface area contributed by atoms with E-state index in [1.807, 2.05) is 84.9 Å². The molecule has 0 saturated carbocycles. The van der Waals surface area contributed by atoms with Crippen LogP contribution in [0, 0.1) is 0 Å². The quantitative estimate of drug-likeness (QED) is 0.416. The van der Waals surface area contributed by atoms with E-state index in [4.69, 9.17) is 4.74 Å². The van der Waals surface area contributed by atoms with E-state index in [0.717, 1.165) is 34.6 Å². The smallest absolute Gasteiger partial charge is 0.324 e. The van der Waals surface area contributed by atoms with E-state index in [2.05, 4.69) is 0 Å². The number of fused-ring (bicyclic) bond motifs is 1. The average molecular weight is 418 g/mol. The Kier molecular flexibility index (Phi) is 6.50. The minimum atomic E-state index is -0.532. The standard InChI is InChI=1S/C25H23NO3S/c27-23(26-17-9-13-19-10-7-8-16-22(19)26)18-29-25(28)24(20-11-3-1-4-12-20)30-21-14-5-2-6-15-21/h1-8,10-12,14-16,24H,9,13,17-18H2/t24-/m1/s1. The molecule has 3 aromatic rings. The number of hydrogen-bond donors (Lipinski definition) is 0. The maximum atomic E-state index is 13.0. The second-order valence-corrected chi connectivity index (χ2v) is 8.29. The molecule has 1 aliphatic rings. The van der Waals surface area contributed by atoms with E-state index in [-0.39, 0.29) is 12.5 Å². The van der Waals surface area contributed by atoms with Crippen molar-refractivity contribution >= 4 is 29.3 Å². The molecule has 30 heavy (non-hydrogen) atoms. The lowest BCUT2D eigenvalue weighted by atomic mass is 10.0. The molecule has 0 N–H and O–H groups in total. The highest BCUT2D eigenvalue weighted by molar-refractivity contribution is 8.00. The fourth-order valence-corrected chi connectivity index (χ4v) is 4.64. The van der Waals surface area contributed by atoms with E-state index in [0.29, 0.717) is 6.54 Å². The summed E-state index contributed by atoms with van der Waals surface area (Å²) in [7, 11) is 0. The molecule has 1 heterocycles. The Labute approximate surface area is 180 Å². The number of rotatable bonds is 6. The molecule has 0 bridgehead atoms. The van der Waals surface area contributed by atoms with Crippen molar-refractivity contribution in [2.24, 2.45) is 0 Å². The normalized spacial score (nSPS) is 13.9. The number of hydrogen-bond acceptors (Lipinski definition) is 4. The maximum absolute atomic E-state index is 13.0. The zero-order valence-corrected chi connectivity index (χ0v) is 17.4. The molecule has 0 radical (unpaired) electrons. The number of carbonyl (C=O) groups excluding carboxylic acids is 2. The number of benzene rings is 3. The van der Waals surface area contributed by atoms with Gasteiger partial charge in [-0.3, -0.25) is 9.59 Å². The van der Waals surface area contributed by atoms with Gasteiger partial charge in [0, 0.05) is 17.1 Å². The Morgan fingerprint density at radius 1 is 0.900 bits per heavy atom. The SMILES string of the molecule is O=C(OCC(=O)N1CCCc2ccccc21)[C@H](Sc1ccccc1)c1ccccc1. The molecular formula is C25H23NO3S. The first-order valence-corrected chi connectivity index (χ1v) is 10.9. The van der Waals surface area contributed by atoms with Crippen molar-refractivity contribution in [2.45, 2.75) is 23.0 Å². The summed E-state index contributed by atoms with van der Waals surface area (Å²) in [6, 6.07) is 27.2. The summed E-state index contributed by atoms with van der Waals surface area (Å²) in [5.41, 5.74) is 2.93. The van der Waals surface area contributed by atoms with Crippen LogP contribution in [-0.4, -0.2) is 25.0 Å². The Morgan fingerprint density at radius 3 is 2.33 bits per heavy atom. The van der Waals surface area contributed by atoms with Crippen LogP contribution >= 0.6 is 11.8 Å². The fraction of sp³-hybridized carbons (Fsp3) is 0.200. The van der Waals surface area contributed by atoms with Gasteiger partial charge in [-0.25, -0.2) is 0 Å². The monoisotopic (exact) mass is 417 g/mol. The summed E-state index contributed by atoms with van der Waals surface area (Å²) < 4.78 is 5.51. The Morgan fingerprint density at radius 2 is 1.57 bits per heavy atom. The number of esters is 1. The lowest BCUT2D eigenvalue weighted by Gasteiger charge is -2.29. The summed E-state index contributed by atoms with van der Waals surface area (Å²) in [5, 5.41) is -0.532. The lowest BCUT2D eigenvalue weighted by molar-refractivity contribution is -0.147. The molecule has 0 aliphatic carbocycles. The van der Waals surface area contributed by atoms with E-state index < -0.39 is 11.2 Å². The van der Waals surface area contributed by atoms with Gasteiger partial charge >= 0.3 is 5.97 Å². The molecule has 0 aromatic heterocycles. The molecule has 152 valence electrons. The topological polar surface area (TPSA) is 46.6 Å². The second kappa shape index (κ2) is 9.63. The van der Waals surface area contributed by atoms with E-state index in [1.165, 1.54) is 11.8 Å². The first-order chi connectivity index (χ1) is 14.7. The molecule has 5 heteroatoms. The van der Waals surface area contributed by atoms with Gasteiger partial charge in [0.2, 0.25) is 0 Å². The average Bonchev–Trinajstić information content (AvgIpc) is 2.81. The van der Waals surface area contributed by atoms with Crippen LogP contribution in [0.15, 0.2) is 89.8 Å². The van der Waals surface area contributed by atoms with Crippen LogP contribution in [0.2, 0.25) is 0 Å². The Bertz CT molecular complexity index is 1010. The van der Waals surface area contributed by atoms with Gasteiger partial charge in [0.25, 0.3) is 5.91 Å². The number of ether oxygens (including phenoxy) is 1. The fourth-order valence-electron chi connectivity index (χ4n) is 3.59. The summed E-state index contributed by atoms with van der Waals surface area (Å²) >= 11 is 1.43. The van der Waals surface area contributed by atoms with Crippen LogP contribution < -0.4 is 4.90 Å². The van der Waals surface area contributed by atoms with Crippen molar-refractivity contribution in [1.29, 1.82) is 0 Å². The van der Waals surface area contributed by atoms with Crippen LogP contribution in [0.25, 0.3) is 0 Å². The number of nitrogens with zero attached hydrogens (tertiary/aromatic N) is 1. The molecule has 4 nitrogen and oxygen atoms in total. The molecule has 0 spiro atoms. The highest BCUT2D eigenvalue weighted by atomic mass is 32.2. The first kappa shape index (κ1) is 20.2. The minimum Gasteiger partial charge on any atom is -0.454 e. The first-order valence-electron chi connectivity index (χ1n) is 10.0. The van der Waals surface area contributed by atoms with E-state index in [1.54, 1.807) is 4.90 Å². The van der Waals surface area contributed by atoms with E-state index >= 15 is 0 Å². The van der Waals surface area contributed by atoms with Gasteiger partial charge in [-0.15, -0.1) is 11.8 Å². The molecule has 1 atom stereocenters. The van der Waals surface area contributed by atoms with Crippen molar-refractivity contribution in [3.8, 4) is 0 Å². The zero-order valence-electron chi connectivity index (χ0n) is 16.6. The van der Waals surface area contributed by atoms with Gasteiger partial charge in [0.15, 0.2) is 6.61 Å². The predicted octanol–water partition coefficient (Wildman–Crippen LogP) is 5.04. The second-order valence-electron chi connectivity index (χ2n) is 7.11. The van der Waals surface area contributed by atoms with Crippen LogP contribution in [0.1, 0.15) is 22.8 Å². The van der Waals surface area contributed by atoms with Crippen molar-refractivity contribution in [2.75, 3.05) is 18.1 Å². The zero-order chi connectivity index (χ0) is 20.8. The van der Waals surface area contributed by atoms with Crippen molar-refractivity contribution in [1.82, 2.24) is 0 Å². The van der Waals surface area contributed by atoms with Crippen LogP contribution in [-0.2, 0) is 20.7 Å². The molecule has 3 aromatic carbocycles. The largest absolute Gasteiger partial charge is 0.454 e. The third-order valence-electron chi connectivity index (χ3n) is 5.06. The van der Waals surface area contributed by atoms with Gasteiger partial charge < -0.3 is 9.64 Å². The maximum Gasteiger partial charge on any atom is 0.324 e. The number of para-hydroxylation sites is 1. The third-order valence-corrected chi connectivity index (χ3v) is 6.31. The third kappa shape index (κ3) is 4.74. The van der Waals surface area contributed by atoms with Gasteiger partial charge in [-0.2, -0.15) is 0 Å². The summed E-state index contributed by atoms with van der Waals surface area (Å²) in [6.45, 7) is 0.389. The van der Waals surface area contributed by atoms with E-state index in [9.17, 15) is 9.59 Å². The predicted molar refractivity (Wildman–Crippen MR) is 120 cm³/mol. The van der Waals surface area contributed by atoms with Crippen LogP contribution in [0.4, 0.5) is 5.69 Å². The molecular weight excluding hydrogens is 394 g/mol. The lowest BCUT2D eigenvalue weighted by Crippen LogP contribution is -2.38. The summed E-state index contributed by atoms with van der Waals surface area (Å²) in [6.07, 6.45) is 1.87. The Hall–Kier alpha value is -3.05. The molecule has 1 aliphatic heterocycles. The number of amides is 1. The van der Waals surface area contributed by atoms with Gasteiger partial charge in [-0.1, -0.05) is 66.7 Å². The highest BCUT2D eigenvalue weighted by Gasteiger charge is 2.27. The molecule has 4 rings (SSSR count). The molecule has 0 fully saturated rings. The molecule has 0 saturated heterocycles. The summed E-state index contributed by atoms with van der Waals surface area (Å²) in [5.74, 6) is -0.597. The Balaban J connectivity index is 1.46. The van der Waals surface area contributed by atoms with Crippen LogP contribution in [0.5, 0.6) is 0 Å². The number of aryl methyl sites for hydroxylation is 1. The number of thioether (sulfide) groups is 1. The number of anilines is 1. The van der Waals surface area contributed by atoms with Crippen molar-refractivity contribution in [3.05, 3.63) is 96.1 Å². The molecule has 1 amide bonds. The highest BCUT2D eigenvalue weighted by Crippen LogP contribution is 2.36. The number of carbonyl (C=O) groups is 2. The van der Waals surface area contributed by atoms with Gasteiger partial charge in [0.05, 0.1) is 0 Å².